The SMILES string of the molecule is O=[P+](OC=CCCSc1ccccc1O)OC=CCCSc1ccccc1O. The first kappa shape index (κ1) is 22.2. The Kier molecular flexibility index (Phi) is 10.4. The van der Waals surface area contributed by atoms with Gasteiger partial charge in [0.1, 0.15) is 11.5 Å². The summed E-state index contributed by atoms with van der Waals surface area (Å²) in [4.78, 5) is 1.66. The van der Waals surface area contributed by atoms with E-state index in [0.717, 1.165) is 21.3 Å². The van der Waals surface area contributed by atoms with E-state index in [4.69, 9.17) is 9.05 Å². The molecule has 0 heterocycles. The number of aromatic hydroxyl groups is 2. The van der Waals surface area contributed by atoms with E-state index in [-0.39, 0.29) is 11.5 Å². The molecule has 0 aromatic heterocycles. The molecule has 2 rings (SSSR count). The van der Waals surface area contributed by atoms with Crippen molar-refractivity contribution < 1.29 is 23.8 Å². The van der Waals surface area contributed by atoms with Gasteiger partial charge in [-0.2, -0.15) is 0 Å². The summed E-state index contributed by atoms with van der Waals surface area (Å²) < 4.78 is 21.5. The van der Waals surface area contributed by atoms with Crippen molar-refractivity contribution >= 4 is 31.8 Å². The maximum atomic E-state index is 11.6. The van der Waals surface area contributed by atoms with Crippen LogP contribution in [0.1, 0.15) is 12.8 Å². The minimum atomic E-state index is -2.24. The lowest BCUT2D eigenvalue weighted by Gasteiger charge is -2.01. The lowest BCUT2D eigenvalue weighted by Crippen LogP contribution is -1.79. The second-order valence-corrected chi connectivity index (χ2v) is 8.53. The molecule has 0 saturated carbocycles. The lowest BCUT2D eigenvalue weighted by molar-refractivity contribution is 0.354. The van der Waals surface area contributed by atoms with Gasteiger partial charge < -0.3 is 10.2 Å². The summed E-state index contributed by atoms with van der Waals surface area (Å²) in [5, 5.41) is 19.3. The van der Waals surface area contributed by atoms with Crippen LogP contribution in [0.25, 0.3) is 0 Å². The monoisotopic (exact) mass is 437 g/mol. The molecule has 8 heteroatoms. The fraction of sp³-hybridized carbons (Fsp3) is 0.200. The van der Waals surface area contributed by atoms with Gasteiger partial charge in [-0.3, -0.25) is 0 Å². The van der Waals surface area contributed by atoms with Gasteiger partial charge in [-0.15, -0.1) is 23.5 Å². The zero-order valence-electron chi connectivity index (χ0n) is 15.1. The molecule has 0 unspecified atom stereocenters. The van der Waals surface area contributed by atoms with E-state index in [9.17, 15) is 14.8 Å². The van der Waals surface area contributed by atoms with Crippen LogP contribution in [0.15, 0.2) is 83.0 Å². The number of phenolic OH excluding ortho intramolecular Hbond substituents is 2. The molecule has 28 heavy (non-hydrogen) atoms. The first-order valence-electron chi connectivity index (χ1n) is 8.59. The first-order valence-corrected chi connectivity index (χ1v) is 11.7. The maximum Gasteiger partial charge on any atom is 0.804 e. The summed E-state index contributed by atoms with van der Waals surface area (Å²) in [5.74, 6) is 2.08. The van der Waals surface area contributed by atoms with Crippen molar-refractivity contribution in [2.75, 3.05) is 11.5 Å². The van der Waals surface area contributed by atoms with Crippen LogP contribution < -0.4 is 0 Å². The van der Waals surface area contributed by atoms with Crippen molar-refractivity contribution in [1.82, 2.24) is 0 Å². The molecule has 0 aliphatic rings. The van der Waals surface area contributed by atoms with Crippen molar-refractivity contribution in [2.45, 2.75) is 22.6 Å². The number of phenols is 2. The number of hydrogen-bond donors (Lipinski definition) is 2. The molecule has 2 aromatic carbocycles. The Morgan fingerprint density at radius 1 is 0.786 bits per heavy atom. The number of rotatable bonds is 12. The minimum Gasteiger partial charge on any atom is -0.507 e. The van der Waals surface area contributed by atoms with Crippen LogP contribution in [-0.2, 0) is 13.6 Å². The summed E-state index contributed by atoms with van der Waals surface area (Å²) >= 11 is 3.07. The van der Waals surface area contributed by atoms with Gasteiger partial charge >= 0.3 is 8.25 Å². The molecule has 0 aliphatic heterocycles. The molecule has 0 fully saturated rings. The third-order valence-corrected chi connectivity index (χ3v) is 6.08. The van der Waals surface area contributed by atoms with Crippen molar-refractivity contribution in [3.8, 4) is 11.5 Å². The Morgan fingerprint density at radius 3 is 1.64 bits per heavy atom. The smallest absolute Gasteiger partial charge is 0.507 e. The zero-order chi connectivity index (χ0) is 20.0. The molecule has 0 atom stereocenters. The highest BCUT2D eigenvalue weighted by Crippen LogP contribution is 2.29. The quantitative estimate of drug-likeness (QED) is 0.170. The molecule has 5 nitrogen and oxygen atoms in total. The largest absolute Gasteiger partial charge is 0.804 e. The van der Waals surface area contributed by atoms with Crippen molar-refractivity contribution in [3.05, 3.63) is 73.2 Å². The van der Waals surface area contributed by atoms with Gasteiger partial charge in [-0.1, -0.05) is 24.3 Å². The molecule has 148 valence electrons. The highest BCUT2D eigenvalue weighted by atomic mass is 32.2. The van der Waals surface area contributed by atoms with Crippen LogP contribution in [0.2, 0.25) is 0 Å². The minimum absolute atomic E-state index is 0.273. The number of allylic oxidation sites excluding steroid dienone is 2. The van der Waals surface area contributed by atoms with E-state index in [2.05, 4.69) is 0 Å². The average Bonchev–Trinajstić information content (AvgIpc) is 2.70. The van der Waals surface area contributed by atoms with Gasteiger partial charge in [0.15, 0.2) is 12.5 Å². The number of thioether (sulfide) groups is 2. The van der Waals surface area contributed by atoms with Gasteiger partial charge in [0.25, 0.3) is 0 Å². The zero-order valence-corrected chi connectivity index (χ0v) is 17.7. The third kappa shape index (κ3) is 8.74. The van der Waals surface area contributed by atoms with Crippen molar-refractivity contribution in [2.24, 2.45) is 0 Å². The normalized spacial score (nSPS) is 11.8. The van der Waals surface area contributed by atoms with Crippen LogP contribution in [0.3, 0.4) is 0 Å². The Bertz CT molecular complexity index is 745. The standard InChI is InChI=1S/C20H21O5PS2/c21-17-9-1-3-11-19(17)27-15-7-5-13-24-26(23)25-14-6-8-16-28-20-12-4-2-10-18(20)22/h1-6,9-14H,7-8,15-16H2,(H-,21,22)/p+1. The van der Waals surface area contributed by atoms with E-state index in [1.165, 1.54) is 36.0 Å². The first-order chi connectivity index (χ1) is 13.7. The van der Waals surface area contributed by atoms with Crippen LogP contribution in [0.4, 0.5) is 0 Å². The molecule has 0 aliphatic carbocycles. The summed E-state index contributed by atoms with van der Waals surface area (Å²) in [6.45, 7) is 0. The van der Waals surface area contributed by atoms with Gasteiger partial charge in [0.2, 0.25) is 0 Å². The predicted molar refractivity (Wildman–Crippen MR) is 115 cm³/mol. The molecular weight excluding hydrogens is 415 g/mol. The fourth-order valence-electron chi connectivity index (χ4n) is 1.98. The molecule has 0 spiro atoms. The summed E-state index contributed by atoms with van der Waals surface area (Å²) in [7, 11) is -2.24. The predicted octanol–water partition coefficient (Wildman–Crippen LogP) is 6.48. The summed E-state index contributed by atoms with van der Waals surface area (Å²) in [6, 6.07) is 14.3. The van der Waals surface area contributed by atoms with Gasteiger partial charge in [-0.05, 0) is 49.3 Å². The van der Waals surface area contributed by atoms with Gasteiger partial charge in [0.05, 0.1) is 0 Å². The number of hydrogen-bond acceptors (Lipinski definition) is 7. The fourth-order valence-corrected chi connectivity index (χ4v) is 4.13. The van der Waals surface area contributed by atoms with Crippen LogP contribution in [0, 0.1) is 0 Å². The maximum absolute atomic E-state index is 11.6. The Morgan fingerprint density at radius 2 is 1.21 bits per heavy atom. The van der Waals surface area contributed by atoms with Crippen molar-refractivity contribution in [3.63, 3.8) is 0 Å². The third-order valence-electron chi connectivity index (χ3n) is 3.30. The van der Waals surface area contributed by atoms with Crippen LogP contribution in [-0.4, -0.2) is 21.7 Å². The Hall–Kier alpha value is -2.08. The van der Waals surface area contributed by atoms with Crippen LogP contribution >= 0.6 is 31.8 Å². The van der Waals surface area contributed by atoms with Gasteiger partial charge in [0, 0.05) is 25.9 Å². The lowest BCUT2D eigenvalue weighted by atomic mass is 10.3. The molecule has 0 radical (unpaired) electrons. The molecule has 0 bridgehead atoms. The summed E-state index contributed by atoms with van der Waals surface area (Å²) in [6.07, 6.45) is 7.67. The topological polar surface area (TPSA) is 76.0 Å². The van der Waals surface area contributed by atoms with E-state index >= 15 is 0 Å². The van der Waals surface area contributed by atoms with Crippen LogP contribution in [0.5, 0.6) is 11.5 Å². The van der Waals surface area contributed by atoms with Gasteiger partial charge in [-0.25, -0.2) is 9.05 Å². The Balaban J connectivity index is 1.52. The summed E-state index contributed by atoms with van der Waals surface area (Å²) in [5.41, 5.74) is 0. The Labute approximate surface area is 174 Å². The second-order valence-electron chi connectivity index (χ2n) is 5.39. The van der Waals surface area contributed by atoms with E-state index in [1.54, 1.807) is 36.4 Å². The highest BCUT2D eigenvalue weighted by Gasteiger charge is 2.16. The van der Waals surface area contributed by atoms with Crippen molar-refractivity contribution in [1.29, 1.82) is 0 Å². The average molecular weight is 437 g/mol. The second kappa shape index (κ2) is 13.2. The molecule has 0 saturated heterocycles. The molecule has 2 N–H and O–H groups in total. The molecule has 0 amide bonds. The number of para-hydroxylation sites is 2. The molecule has 2 aromatic rings. The van der Waals surface area contributed by atoms with E-state index in [0.29, 0.717) is 12.8 Å². The van der Waals surface area contributed by atoms with E-state index < -0.39 is 8.25 Å². The van der Waals surface area contributed by atoms with E-state index in [1.807, 2.05) is 24.3 Å². The highest BCUT2D eigenvalue weighted by molar-refractivity contribution is 7.99. The number of benzene rings is 2. The molecular formula is C20H22O5PS2+.